The fourth-order valence-electron chi connectivity index (χ4n) is 2.57. The third-order valence-electron chi connectivity index (χ3n) is 3.38. The number of aromatic nitrogens is 1. The summed E-state index contributed by atoms with van der Waals surface area (Å²) in [6, 6.07) is 2.40. The minimum absolute atomic E-state index is 0.149. The predicted molar refractivity (Wildman–Crippen MR) is 68.8 cm³/mol. The summed E-state index contributed by atoms with van der Waals surface area (Å²) in [5.41, 5.74) is 1.02. The number of aromatic amines is 1. The van der Waals surface area contributed by atoms with E-state index in [4.69, 9.17) is 5.11 Å². The topological polar surface area (TPSA) is 53.1 Å². The zero-order valence-electron chi connectivity index (χ0n) is 11.1. The van der Waals surface area contributed by atoms with Gasteiger partial charge in [-0.15, -0.1) is 0 Å². The molecule has 1 aromatic heterocycles. The van der Waals surface area contributed by atoms with Gasteiger partial charge in [0.1, 0.15) is 0 Å². The number of halogens is 3. The van der Waals surface area contributed by atoms with Crippen molar-refractivity contribution >= 4 is 16.9 Å². The molecule has 1 aromatic carbocycles. The Balaban J connectivity index is 2.81. The third-order valence-corrected chi connectivity index (χ3v) is 3.38. The molecule has 0 aliphatic carbocycles. The monoisotopic (exact) mass is 285 g/mol. The fraction of sp³-hybridized carbons (Fsp3) is 0.357. The van der Waals surface area contributed by atoms with Crippen LogP contribution in [0.2, 0.25) is 0 Å². The second-order valence-corrected chi connectivity index (χ2v) is 4.66. The number of fused-ring (bicyclic) bond motifs is 1. The van der Waals surface area contributed by atoms with Crippen LogP contribution in [0.4, 0.5) is 13.2 Å². The van der Waals surface area contributed by atoms with Gasteiger partial charge in [0.25, 0.3) is 0 Å². The number of nitrogens with one attached hydrogen (secondary N) is 1. The number of hydrogen-bond donors (Lipinski definition) is 2. The number of benzene rings is 1. The quantitative estimate of drug-likeness (QED) is 0.903. The normalized spacial score (nSPS) is 12.1. The zero-order valence-corrected chi connectivity index (χ0v) is 11.1. The molecule has 2 rings (SSSR count). The lowest BCUT2D eigenvalue weighted by Gasteiger charge is -2.13. The summed E-state index contributed by atoms with van der Waals surface area (Å²) < 4.78 is 39.1. The summed E-state index contributed by atoms with van der Waals surface area (Å²) >= 11 is 0. The maximum atomic E-state index is 13.0. The van der Waals surface area contributed by atoms with Gasteiger partial charge in [-0.25, -0.2) is 0 Å². The Hall–Kier alpha value is -1.98. The molecule has 0 saturated heterocycles. The Labute approximate surface area is 113 Å². The van der Waals surface area contributed by atoms with Crippen molar-refractivity contribution in [2.75, 3.05) is 0 Å². The molecule has 0 saturated carbocycles. The van der Waals surface area contributed by atoms with Crippen LogP contribution in [-0.2, 0) is 23.8 Å². The molecule has 2 aromatic rings. The van der Waals surface area contributed by atoms with E-state index < -0.39 is 17.7 Å². The minimum Gasteiger partial charge on any atom is -0.481 e. The first-order valence-electron chi connectivity index (χ1n) is 6.17. The van der Waals surface area contributed by atoms with Gasteiger partial charge < -0.3 is 10.1 Å². The van der Waals surface area contributed by atoms with Gasteiger partial charge in [0.05, 0.1) is 12.0 Å². The van der Waals surface area contributed by atoms with E-state index >= 15 is 0 Å². The second-order valence-electron chi connectivity index (χ2n) is 4.66. The average Bonchev–Trinajstić information content (AvgIpc) is 2.63. The van der Waals surface area contributed by atoms with Crippen molar-refractivity contribution in [3.63, 3.8) is 0 Å². The average molecular weight is 285 g/mol. The summed E-state index contributed by atoms with van der Waals surface area (Å²) in [4.78, 5) is 13.9. The van der Waals surface area contributed by atoms with E-state index in [-0.39, 0.29) is 18.4 Å². The molecule has 0 amide bonds. The van der Waals surface area contributed by atoms with Crippen LogP contribution in [0.1, 0.15) is 29.3 Å². The van der Waals surface area contributed by atoms with E-state index in [0.717, 1.165) is 6.07 Å². The van der Waals surface area contributed by atoms with Gasteiger partial charge in [0.2, 0.25) is 0 Å². The van der Waals surface area contributed by atoms with Crippen LogP contribution < -0.4 is 0 Å². The number of carbonyl (C=O) groups is 1. The van der Waals surface area contributed by atoms with Crippen LogP contribution in [0, 0.1) is 6.92 Å². The van der Waals surface area contributed by atoms with E-state index in [0.29, 0.717) is 22.2 Å². The van der Waals surface area contributed by atoms with E-state index in [1.54, 1.807) is 13.8 Å². The maximum Gasteiger partial charge on any atom is 0.416 e. The second kappa shape index (κ2) is 4.85. The van der Waals surface area contributed by atoms with Gasteiger partial charge in [-0.05, 0) is 36.6 Å². The standard InChI is InChI=1S/C14H14F3NO2/c1-3-8-10(14(15,16)17)4-5-11-13(8)9(6-12(19)20)7(2)18-11/h4-5,18H,3,6H2,1-2H3,(H,19,20). The number of alkyl halides is 3. The van der Waals surface area contributed by atoms with Crippen molar-refractivity contribution in [1.29, 1.82) is 0 Å². The van der Waals surface area contributed by atoms with Gasteiger partial charge in [-0.1, -0.05) is 6.92 Å². The van der Waals surface area contributed by atoms with Gasteiger partial charge in [-0.2, -0.15) is 13.2 Å². The highest BCUT2D eigenvalue weighted by Crippen LogP contribution is 2.37. The molecular formula is C14H14F3NO2. The number of aliphatic carboxylic acids is 1. The fourth-order valence-corrected chi connectivity index (χ4v) is 2.57. The molecular weight excluding hydrogens is 271 g/mol. The Bertz CT molecular complexity index is 671. The van der Waals surface area contributed by atoms with Crippen LogP contribution in [0.15, 0.2) is 12.1 Å². The van der Waals surface area contributed by atoms with Crippen LogP contribution >= 0.6 is 0 Å². The molecule has 1 heterocycles. The molecule has 0 atom stereocenters. The van der Waals surface area contributed by atoms with Crippen LogP contribution in [0.5, 0.6) is 0 Å². The van der Waals surface area contributed by atoms with Gasteiger partial charge in [0, 0.05) is 16.6 Å². The van der Waals surface area contributed by atoms with Crippen LogP contribution in [-0.4, -0.2) is 16.1 Å². The lowest BCUT2D eigenvalue weighted by atomic mass is 9.96. The Morgan fingerprint density at radius 3 is 2.45 bits per heavy atom. The van der Waals surface area contributed by atoms with Crippen molar-refractivity contribution in [3.8, 4) is 0 Å². The number of carboxylic acid groups (broad SMARTS) is 1. The molecule has 20 heavy (non-hydrogen) atoms. The molecule has 0 unspecified atom stereocenters. The van der Waals surface area contributed by atoms with E-state index in [1.807, 2.05) is 0 Å². The molecule has 2 N–H and O–H groups in total. The van der Waals surface area contributed by atoms with Crippen molar-refractivity contribution in [1.82, 2.24) is 4.98 Å². The number of rotatable bonds is 3. The van der Waals surface area contributed by atoms with E-state index in [1.165, 1.54) is 6.07 Å². The smallest absolute Gasteiger partial charge is 0.416 e. The van der Waals surface area contributed by atoms with E-state index in [9.17, 15) is 18.0 Å². The summed E-state index contributed by atoms with van der Waals surface area (Å²) in [7, 11) is 0. The summed E-state index contributed by atoms with van der Waals surface area (Å²) in [5, 5.41) is 9.32. The molecule has 0 radical (unpaired) electrons. The summed E-state index contributed by atoms with van der Waals surface area (Å²) in [6.45, 7) is 3.31. The minimum atomic E-state index is -4.44. The highest BCUT2D eigenvalue weighted by molar-refractivity contribution is 5.92. The zero-order chi connectivity index (χ0) is 15.1. The SMILES string of the molecule is CCc1c(C(F)(F)F)ccc2[nH]c(C)c(CC(=O)O)c12. The first-order valence-corrected chi connectivity index (χ1v) is 6.17. The first kappa shape index (κ1) is 14.4. The third kappa shape index (κ3) is 2.37. The lowest BCUT2D eigenvalue weighted by molar-refractivity contribution is -0.138. The molecule has 6 heteroatoms. The maximum absolute atomic E-state index is 13.0. The molecule has 3 nitrogen and oxygen atoms in total. The number of H-pyrrole nitrogens is 1. The van der Waals surface area contributed by atoms with Crippen molar-refractivity contribution in [2.24, 2.45) is 0 Å². The Kier molecular flexibility index (Phi) is 3.50. The largest absolute Gasteiger partial charge is 0.481 e. The van der Waals surface area contributed by atoms with E-state index in [2.05, 4.69) is 4.98 Å². The predicted octanol–water partition coefficient (Wildman–Crippen LogP) is 3.68. The van der Waals surface area contributed by atoms with Gasteiger partial charge in [-0.3, -0.25) is 4.79 Å². The van der Waals surface area contributed by atoms with Crippen LogP contribution in [0.3, 0.4) is 0 Å². The molecule has 0 aliphatic rings. The van der Waals surface area contributed by atoms with Crippen molar-refractivity contribution in [3.05, 3.63) is 34.5 Å². The molecule has 0 bridgehead atoms. The highest BCUT2D eigenvalue weighted by Gasteiger charge is 2.34. The first-order chi connectivity index (χ1) is 9.25. The molecule has 108 valence electrons. The molecule has 0 spiro atoms. The Morgan fingerprint density at radius 2 is 1.95 bits per heavy atom. The summed E-state index contributed by atoms with van der Waals surface area (Å²) in [6.07, 6.45) is -4.54. The van der Waals surface area contributed by atoms with Crippen molar-refractivity contribution < 1.29 is 23.1 Å². The van der Waals surface area contributed by atoms with Crippen LogP contribution in [0.25, 0.3) is 10.9 Å². The number of hydrogen-bond acceptors (Lipinski definition) is 1. The summed E-state index contributed by atoms with van der Waals surface area (Å²) in [5.74, 6) is -1.06. The molecule has 0 fully saturated rings. The number of carboxylic acids is 1. The van der Waals surface area contributed by atoms with Crippen molar-refractivity contribution in [2.45, 2.75) is 32.9 Å². The highest BCUT2D eigenvalue weighted by atomic mass is 19.4. The lowest BCUT2D eigenvalue weighted by Crippen LogP contribution is -2.10. The Morgan fingerprint density at radius 1 is 1.30 bits per heavy atom. The molecule has 0 aliphatic heterocycles. The van der Waals surface area contributed by atoms with Gasteiger partial charge >= 0.3 is 12.1 Å². The van der Waals surface area contributed by atoms with Gasteiger partial charge in [0.15, 0.2) is 0 Å². The number of aryl methyl sites for hydroxylation is 2.